The van der Waals surface area contributed by atoms with Crippen molar-refractivity contribution in [3.05, 3.63) is 23.3 Å². The molecule has 0 amide bonds. The maximum absolute atomic E-state index is 13.0. The first-order valence-electron chi connectivity index (χ1n) is 16.1. The number of rotatable bonds is 4. The summed E-state index contributed by atoms with van der Waals surface area (Å²) in [4.78, 5) is 13.0. The van der Waals surface area contributed by atoms with E-state index in [1.165, 1.54) is 5.57 Å². The van der Waals surface area contributed by atoms with E-state index in [-0.39, 0.29) is 52.7 Å². The van der Waals surface area contributed by atoms with E-state index in [4.69, 9.17) is 4.74 Å². The Labute approximate surface area is 247 Å². The summed E-state index contributed by atoms with van der Waals surface area (Å²) in [6.07, 6.45) is 8.77. The van der Waals surface area contributed by atoms with Crippen LogP contribution in [-0.4, -0.2) is 57.9 Å². The zero-order valence-corrected chi connectivity index (χ0v) is 26.8. The topological polar surface area (TPSA) is 107 Å². The Morgan fingerprint density at radius 3 is 2.24 bits per heavy atom. The van der Waals surface area contributed by atoms with Gasteiger partial charge in [0.05, 0.1) is 30.8 Å². The van der Waals surface area contributed by atoms with E-state index in [0.717, 1.165) is 32.1 Å². The number of esters is 1. The Kier molecular flexibility index (Phi) is 7.54. The first kappa shape index (κ1) is 31.2. The average Bonchev–Trinajstić information content (AvgIpc) is 2.90. The largest absolute Gasteiger partial charge is 0.458 e. The van der Waals surface area contributed by atoms with Gasteiger partial charge in [0, 0.05) is 11.0 Å². The van der Waals surface area contributed by atoms with Crippen molar-refractivity contribution in [3.63, 3.8) is 0 Å². The second-order valence-corrected chi connectivity index (χ2v) is 16.5. The van der Waals surface area contributed by atoms with Gasteiger partial charge in [-0.25, -0.2) is 4.79 Å². The minimum absolute atomic E-state index is 0.00208. The number of carbonyl (C=O) groups is 1. The van der Waals surface area contributed by atoms with Gasteiger partial charge in [-0.1, -0.05) is 59.3 Å². The SMILES string of the molecule is C/C=C(\C)C(=O)O[C@H]1CC(C)(C)C[C@H]2C3=CC[C@@H]4[C@@]5(C)CC[C@H](O)[C@@](C)(CO)[C@@H]5CC[C@@]4(C)[C@]3(C)C[C@@H](O)[C@@]12CO. The average molecular weight is 573 g/mol. The van der Waals surface area contributed by atoms with Gasteiger partial charge in [0.15, 0.2) is 0 Å². The van der Waals surface area contributed by atoms with Crippen LogP contribution in [-0.2, 0) is 9.53 Å². The predicted molar refractivity (Wildman–Crippen MR) is 160 cm³/mol. The number of hydrogen-bond acceptors (Lipinski definition) is 6. The van der Waals surface area contributed by atoms with Crippen molar-refractivity contribution < 1.29 is 30.0 Å². The van der Waals surface area contributed by atoms with Crippen molar-refractivity contribution in [2.45, 2.75) is 125 Å². The van der Waals surface area contributed by atoms with Crippen LogP contribution >= 0.6 is 0 Å². The molecule has 4 N–H and O–H groups in total. The summed E-state index contributed by atoms with van der Waals surface area (Å²) >= 11 is 0. The molecule has 4 saturated carbocycles. The van der Waals surface area contributed by atoms with Crippen molar-refractivity contribution in [2.24, 2.45) is 50.2 Å². The second kappa shape index (κ2) is 9.90. The lowest BCUT2D eigenvalue weighted by Crippen LogP contribution is -2.69. The van der Waals surface area contributed by atoms with E-state index >= 15 is 0 Å². The third-order valence-corrected chi connectivity index (χ3v) is 14.3. The molecule has 0 spiro atoms. The van der Waals surface area contributed by atoms with Gasteiger partial charge in [-0.2, -0.15) is 0 Å². The van der Waals surface area contributed by atoms with Crippen LogP contribution in [0.25, 0.3) is 0 Å². The standard InChI is InChI=1S/C35H56O6/c1-9-21(2)29(40)41-28-18-30(3,4)16-23-22-10-11-25-31(5)14-13-26(38)32(6,19-36)24(31)12-15-33(25,7)34(22,8)17-27(39)35(23,28)20-37/h9-10,23-28,36-39H,11-20H2,1-8H3/b21-9+/t23-,24+,25+,26-,27+,28-,31-,32-,33+,34+,35-/m0/s1. The van der Waals surface area contributed by atoms with Crippen LogP contribution in [0.4, 0.5) is 0 Å². The van der Waals surface area contributed by atoms with Gasteiger partial charge in [-0.15, -0.1) is 0 Å². The maximum Gasteiger partial charge on any atom is 0.333 e. The highest BCUT2D eigenvalue weighted by Gasteiger charge is 2.71. The van der Waals surface area contributed by atoms with Crippen LogP contribution in [0.3, 0.4) is 0 Å². The second-order valence-electron chi connectivity index (χ2n) is 16.5. The number of allylic oxidation sites excluding steroid dienone is 3. The number of aliphatic hydroxyl groups is 4. The molecule has 0 saturated heterocycles. The van der Waals surface area contributed by atoms with Crippen LogP contribution in [0.5, 0.6) is 0 Å². The highest BCUT2D eigenvalue weighted by atomic mass is 16.5. The highest BCUT2D eigenvalue weighted by molar-refractivity contribution is 5.87. The van der Waals surface area contributed by atoms with Crippen LogP contribution in [0.1, 0.15) is 107 Å². The minimum Gasteiger partial charge on any atom is -0.458 e. The van der Waals surface area contributed by atoms with E-state index in [1.807, 2.05) is 6.92 Å². The molecule has 232 valence electrons. The van der Waals surface area contributed by atoms with Crippen molar-refractivity contribution >= 4 is 5.97 Å². The van der Waals surface area contributed by atoms with Gasteiger partial charge >= 0.3 is 5.97 Å². The highest BCUT2D eigenvalue weighted by Crippen LogP contribution is 2.75. The molecule has 0 aromatic rings. The zero-order chi connectivity index (χ0) is 30.4. The Morgan fingerprint density at radius 1 is 0.951 bits per heavy atom. The Balaban J connectivity index is 1.60. The fraction of sp³-hybridized carbons (Fsp3) is 0.857. The Hall–Kier alpha value is -1.21. The molecule has 5 aliphatic rings. The van der Waals surface area contributed by atoms with Crippen molar-refractivity contribution in [3.8, 4) is 0 Å². The molecule has 0 radical (unpaired) electrons. The zero-order valence-electron chi connectivity index (χ0n) is 26.8. The summed E-state index contributed by atoms with van der Waals surface area (Å²) in [6.45, 7) is 17.1. The van der Waals surface area contributed by atoms with E-state index < -0.39 is 29.1 Å². The lowest BCUT2D eigenvalue weighted by molar-refractivity contribution is -0.243. The molecule has 0 aromatic carbocycles. The van der Waals surface area contributed by atoms with Crippen LogP contribution in [0, 0.1) is 50.2 Å². The van der Waals surface area contributed by atoms with Gasteiger partial charge in [0.1, 0.15) is 6.10 Å². The molecule has 5 aliphatic carbocycles. The summed E-state index contributed by atoms with van der Waals surface area (Å²) in [5, 5.41) is 44.9. The van der Waals surface area contributed by atoms with E-state index in [9.17, 15) is 25.2 Å². The summed E-state index contributed by atoms with van der Waals surface area (Å²) in [5.41, 5.74) is -0.0716. The fourth-order valence-corrected chi connectivity index (χ4v) is 11.4. The quantitative estimate of drug-likeness (QED) is 0.199. The number of carbonyl (C=O) groups excluding carboxylic acids is 1. The number of fused-ring (bicyclic) bond motifs is 7. The molecule has 5 rings (SSSR count). The summed E-state index contributed by atoms with van der Waals surface area (Å²) in [7, 11) is 0. The predicted octanol–water partition coefficient (Wildman–Crippen LogP) is 5.57. The molecule has 0 unspecified atom stereocenters. The first-order valence-corrected chi connectivity index (χ1v) is 16.1. The minimum atomic E-state index is -0.931. The third kappa shape index (κ3) is 4.05. The molecule has 0 aromatic heterocycles. The molecule has 4 fully saturated rings. The molecule has 0 heterocycles. The van der Waals surface area contributed by atoms with Gasteiger partial charge < -0.3 is 25.2 Å². The van der Waals surface area contributed by atoms with Gasteiger partial charge in [-0.3, -0.25) is 0 Å². The molecule has 11 atom stereocenters. The summed E-state index contributed by atoms with van der Waals surface area (Å²) in [6, 6.07) is 0. The van der Waals surface area contributed by atoms with Crippen molar-refractivity contribution in [2.75, 3.05) is 13.2 Å². The van der Waals surface area contributed by atoms with Crippen molar-refractivity contribution in [1.82, 2.24) is 0 Å². The van der Waals surface area contributed by atoms with Crippen LogP contribution in [0.2, 0.25) is 0 Å². The molecule has 41 heavy (non-hydrogen) atoms. The molecular formula is C35H56O6. The number of aliphatic hydroxyl groups excluding tert-OH is 4. The Bertz CT molecular complexity index is 1130. The smallest absolute Gasteiger partial charge is 0.333 e. The molecule has 0 aliphatic heterocycles. The number of hydrogen-bond donors (Lipinski definition) is 4. The lowest BCUT2D eigenvalue weighted by Gasteiger charge is -2.72. The summed E-state index contributed by atoms with van der Waals surface area (Å²) in [5.74, 6) is 0.132. The molecule has 0 bridgehead atoms. The molecule has 6 nitrogen and oxygen atoms in total. The Morgan fingerprint density at radius 2 is 1.63 bits per heavy atom. The third-order valence-electron chi connectivity index (χ3n) is 14.3. The van der Waals surface area contributed by atoms with Gasteiger partial charge in [0.2, 0.25) is 0 Å². The molecular weight excluding hydrogens is 516 g/mol. The first-order chi connectivity index (χ1) is 19.0. The monoisotopic (exact) mass is 572 g/mol. The van der Waals surface area contributed by atoms with E-state index in [0.29, 0.717) is 30.8 Å². The van der Waals surface area contributed by atoms with Crippen molar-refractivity contribution in [1.29, 1.82) is 0 Å². The van der Waals surface area contributed by atoms with Gasteiger partial charge in [0.25, 0.3) is 0 Å². The summed E-state index contributed by atoms with van der Waals surface area (Å²) < 4.78 is 6.19. The van der Waals surface area contributed by atoms with Crippen LogP contribution < -0.4 is 0 Å². The normalized spacial score (nSPS) is 50.9. The lowest BCUT2D eigenvalue weighted by atomic mass is 9.33. The van der Waals surface area contributed by atoms with E-state index in [1.54, 1.807) is 13.0 Å². The van der Waals surface area contributed by atoms with E-state index in [2.05, 4.69) is 47.6 Å². The van der Waals surface area contributed by atoms with Gasteiger partial charge in [-0.05, 0) is 105 Å². The molecule has 6 heteroatoms. The number of ether oxygens (including phenoxy) is 1. The fourth-order valence-electron chi connectivity index (χ4n) is 11.4. The van der Waals surface area contributed by atoms with Crippen LogP contribution in [0.15, 0.2) is 23.3 Å². The maximum atomic E-state index is 13.0.